The minimum absolute atomic E-state index is 0.181. The molecule has 12 nitrogen and oxygen atoms in total. The molecule has 0 amide bonds. The molecule has 0 fully saturated rings. The van der Waals surface area contributed by atoms with Gasteiger partial charge in [-0.25, -0.2) is 0 Å². The molecule has 0 aliphatic rings. The lowest BCUT2D eigenvalue weighted by molar-refractivity contribution is -0.147. The molecule has 0 aliphatic heterocycles. The summed E-state index contributed by atoms with van der Waals surface area (Å²) >= 11 is 0. The molecule has 0 aromatic heterocycles. The molecule has 2 unspecified atom stereocenters. The minimum atomic E-state index is -0.528. The Labute approximate surface area is 228 Å². The number of carbonyl (C=O) groups excluding carboxylic acids is 4. The summed E-state index contributed by atoms with van der Waals surface area (Å²) in [5.74, 6) is -1.06. The van der Waals surface area contributed by atoms with Crippen molar-refractivity contribution in [3.63, 3.8) is 0 Å². The van der Waals surface area contributed by atoms with Gasteiger partial charge >= 0.3 is 23.9 Å². The zero-order chi connectivity index (χ0) is 29.0. The molecule has 224 valence electrons. The van der Waals surface area contributed by atoms with E-state index in [2.05, 4.69) is 10.6 Å². The van der Waals surface area contributed by atoms with Gasteiger partial charge in [0.15, 0.2) is 0 Å². The molecule has 2 atom stereocenters. The van der Waals surface area contributed by atoms with Crippen molar-refractivity contribution in [1.82, 2.24) is 10.6 Å². The van der Waals surface area contributed by atoms with Crippen LogP contribution in [0.3, 0.4) is 0 Å². The standard InChI is InChI=1S/2C13H26N2O4/c1-3-18-12(16)8-10-15-9-6-5-7-11(14)13(17)19-4-2;1-3-18-12(16)8-10-15-11(7-5-6-9-14)13(17)19-4-2/h2*11,15H,3-10,14H2,1-2H3. The molecule has 0 bridgehead atoms. The molecule has 0 saturated carbocycles. The molecular weight excluding hydrogens is 496 g/mol. The number of esters is 4. The Morgan fingerprint density at radius 3 is 1.74 bits per heavy atom. The fourth-order valence-corrected chi connectivity index (χ4v) is 3.15. The lowest BCUT2D eigenvalue weighted by Crippen LogP contribution is -2.39. The number of rotatable bonds is 22. The fourth-order valence-electron chi connectivity index (χ4n) is 3.15. The lowest BCUT2D eigenvalue weighted by atomic mass is 10.1. The first-order chi connectivity index (χ1) is 18.3. The molecule has 0 rings (SSSR count). The van der Waals surface area contributed by atoms with E-state index in [1.54, 1.807) is 27.7 Å². The van der Waals surface area contributed by atoms with Gasteiger partial charge in [-0.05, 0) is 66.5 Å². The summed E-state index contributed by atoms with van der Waals surface area (Å²) < 4.78 is 19.4. The molecule has 0 aromatic carbocycles. The van der Waals surface area contributed by atoms with Crippen molar-refractivity contribution in [2.24, 2.45) is 11.5 Å². The number of carbonyl (C=O) groups is 4. The first-order valence-corrected chi connectivity index (χ1v) is 13.8. The SMILES string of the molecule is CCOC(=O)CCNC(CCCCN)C(=O)OCC.CCOC(=O)CCNCCCCC(N)C(=O)OCC. The Balaban J connectivity index is 0. The van der Waals surface area contributed by atoms with Crippen molar-refractivity contribution in [3.05, 3.63) is 0 Å². The van der Waals surface area contributed by atoms with Crippen LogP contribution in [0, 0.1) is 0 Å². The first kappa shape index (κ1) is 37.9. The van der Waals surface area contributed by atoms with Gasteiger partial charge in [0.05, 0.1) is 39.3 Å². The topological polar surface area (TPSA) is 181 Å². The van der Waals surface area contributed by atoms with E-state index >= 15 is 0 Å². The number of hydrogen-bond donors (Lipinski definition) is 4. The van der Waals surface area contributed by atoms with Crippen molar-refractivity contribution in [3.8, 4) is 0 Å². The van der Waals surface area contributed by atoms with E-state index in [0.717, 1.165) is 32.2 Å². The molecule has 0 spiro atoms. The van der Waals surface area contributed by atoms with E-state index in [4.69, 9.17) is 30.4 Å². The van der Waals surface area contributed by atoms with E-state index in [0.29, 0.717) is 65.3 Å². The van der Waals surface area contributed by atoms with Gasteiger partial charge in [0.1, 0.15) is 12.1 Å². The highest BCUT2D eigenvalue weighted by Gasteiger charge is 2.19. The van der Waals surface area contributed by atoms with Crippen LogP contribution in [0.5, 0.6) is 0 Å². The van der Waals surface area contributed by atoms with Crippen molar-refractivity contribution < 1.29 is 38.1 Å². The van der Waals surface area contributed by atoms with Crippen LogP contribution in [-0.4, -0.2) is 88.6 Å². The Bertz CT molecular complexity index is 622. The van der Waals surface area contributed by atoms with Crippen LogP contribution >= 0.6 is 0 Å². The van der Waals surface area contributed by atoms with E-state index in [1.807, 2.05) is 0 Å². The molecule has 0 heterocycles. The normalized spacial score (nSPS) is 11.9. The van der Waals surface area contributed by atoms with Gasteiger partial charge in [0.2, 0.25) is 0 Å². The maximum atomic E-state index is 11.7. The van der Waals surface area contributed by atoms with E-state index in [1.165, 1.54) is 0 Å². The van der Waals surface area contributed by atoms with Gasteiger partial charge in [0.25, 0.3) is 0 Å². The van der Waals surface area contributed by atoms with Crippen LogP contribution in [0.25, 0.3) is 0 Å². The highest BCUT2D eigenvalue weighted by molar-refractivity contribution is 5.76. The average molecular weight is 549 g/mol. The monoisotopic (exact) mass is 548 g/mol. The van der Waals surface area contributed by atoms with Crippen LogP contribution in [0.4, 0.5) is 0 Å². The zero-order valence-corrected chi connectivity index (χ0v) is 23.9. The van der Waals surface area contributed by atoms with Gasteiger partial charge < -0.3 is 41.0 Å². The Morgan fingerprint density at radius 2 is 1.18 bits per heavy atom. The summed E-state index contributed by atoms with van der Waals surface area (Å²) in [4.78, 5) is 45.2. The summed E-state index contributed by atoms with van der Waals surface area (Å²) in [6, 6.07) is -0.902. The first-order valence-electron chi connectivity index (χ1n) is 13.8. The molecule has 0 radical (unpaired) electrons. The summed E-state index contributed by atoms with van der Waals surface area (Å²) in [5, 5.41) is 6.18. The summed E-state index contributed by atoms with van der Waals surface area (Å²) in [5.41, 5.74) is 11.1. The second-order valence-corrected chi connectivity index (χ2v) is 8.26. The predicted molar refractivity (Wildman–Crippen MR) is 145 cm³/mol. The summed E-state index contributed by atoms with van der Waals surface area (Å²) in [7, 11) is 0. The molecule has 12 heteroatoms. The van der Waals surface area contributed by atoms with Crippen molar-refractivity contribution in [2.45, 2.75) is 91.1 Å². The van der Waals surface area contributed by atoms with Gasteiger partial charge in [-0.1, -0.05) is 12.8 Å². The highest BCUT2D eigenvalue weighted by Crippen LogP contribution is 2.03. The third-order valence-electron chi connectivity index (χ3n) is 5.06. The molecule has 38 heavy (non-hydrogen) atoms. The maximum Gasteiger partial charge on any atom is 0.323 e. The van der Waals surface area contributed by atoms with Crippen LogP contribution < -0.4 is 22.1 Å². The molecule has 0 aromatic rings. The van der Waals surface area contributed by atoms with Crippen molar-refractivity contribution in [2.75, 3.05) is 52.6 Å². The molecular formula is C26H52N4O8. The Hall–Kier alpha value is -2.28. The number of ether oxygens (including phenoxy) is 4. The third-order valence-corrected chi connectivity index (χ3v) is 5.06. The summed E-state index contributed by atoms with van der Waals surface area (Å²) in [6.07, 6.45) is 5.41. The van der Waals surface area contributed by atoms with Crippen LogP contribution in [0.2, 0.25) is 0 Å². The summed E-state index contributed by atoms with van der Waals surface area (Å²) in [6.45, 7) is 11.0. The van der Waals surface area contributed by atoms with E-state index in [-0.39, 0.29) is 36.3 Å². The minimum Gasteiger partial charge on any atom is -0.466 e. The smallest absolute Gasteiger partial charge is 0.323 e. The number of nitrogens with one attached hydrogen (secondary N) is 2. The van der Waals surface area contributed by atoms with Gasteiger partial charge in [0, 0.05) is 13.1 Å². The zero-order valence-electron chi connectivity index (χ0n) is 23.9. The highest BCUT2D eigenvalue weighted by atomic mass is 16.5. The van der Waals surface area contributed by atoms with Crippen LogP contribution in [0.1, 0.15) is 79.1 Å². The second kappa shape index (κ2) is 27.7. The molecule has 6 N–H and O–H groups in total. The third kappa shape index (κ3) is 24.1. The number of unbranched alkanes of at least 4 members (excludes halogenated alkanes) is 2. The molecule has 0 saturated heterocycles. The van der Waals surface area contributed by atoms with Gasteiger partial charge in [-0.3, -0.25) is 19.2 Å². The predicted octanol–water partition coefficient (Wildman–Crippen LogP) is 1.18. The molecule has 0 aliphatic carbocycles. The average Bonchev–Trinajstić information content (AvgIpc) is 2.88. The van der Waals surface area contributed by atoms with E-state index < -0.39 is 6.04 Å². The maximum absolute atomic E-state index is 11.7. The quantitative estimate of drug-likeness (QED) is 0.0862. The second-order valence-electron chi connectivity index (χ2n) is 8.26. The van der Waals surface area contributed by atoms with Crippen molar-refractivity contribution in [1.29, 1.82) is 0 Å². The Kier molecular flexibility index (Phi) is 27.7. The number of nitrogens with two attached hydrogens (primary N) is 2. The van der Waals surface area contributed by atoms with Crippen LogP contribution in [-0.2, 0) is 38.1 Å². The van der Waals surface area contributed by atoms with Gasteiger partial charge in [-0.2, -0.15) is 0 Å². The van der Waals surface area contributed by atoms with Crippen LogP contribution in [0.15, 0.2) is 0 Å². The fraction of sp³-hybridized carbons (Fsp3) is 0.846. The van der Waals surface area contributed by atoms with Gasteiger partial charge in [-0.15, -0.1) is 0 Å². The largest absolute Gasteiger partial charge is 0.466 e. The lowest BCUT2D eigenvalue weighted by Gasteiger charge is -2.16. The Morgan fingerprint density at radius 1 is 0.658 bits per heavy atom. The van der Waals surface area contributed by atoms with E-state index in [9.17, 15) is 19.2 Å². The van der Waals surface area contributed by atoms with Crippen molar-refractivity contribution >= 4 is 23.9 Å². The number of hydrogen-bond acceptors (Lipinski definition) is 12.